The number of pyridine rings is 1. The first-order chi connectivity index (χ1) is 25.2. The number of hydrogen-bond acceptors (Lipinski definition) is 4. The van der Waals surface area contributed by atoms with Gasteiger partial charge in [-0.3, -0.25) is 9.78 Å². The number of aryl methyl sites for hydroxylation is 3. The second-order valence-electron chi connectivity index (χ2n) is 18.7. The molecule has 1 radical (unpaired) electrons. The SMILES string of the molecule is CC(C)C(C(=O)/C=C(\O)C(C(C)C)C(C)C)C(C)C.Cc1cc(C)c2c(C)cc(-c3[c-]ccc4c3C(C)(C)C3c5cc(CC(C)C)ccc5OC43)nc2c1.[Ir]. The maximum Gasteiger partial charge on any atom is 0.162 e. The van der Waals surface area contributed by atoms with Crippen molar-refractivity contribution in [2.24, 2.45) is 41.4 Å². The van der Waals surface area contributed by atoms with E-state index in [9.17, 15) is 9.90 Å². The smallest absolute Gasteiger partial charge is 0.162 e. The average Bonchev–Trinajstić information content (AvgIpc) is 3.52. The van der Waals surface area contributed by atoms with E-state index < -0.39 is 0 Å². The Kier molecular flexibility index (Phi) is 14.1. The summed E-state index contributed by atoms with van der Waals surface area (Å²) in [6, 6.07) is 21.4. The molecule has 2 aliphatic rings. The van der Waals surface area contributed by atoms with E-state index in [1.54, 1.807) is 0 Å². The van der Waals surface area contributed by atoms with Gasteiger partial charge in [-0.05, 0) is 102 Å². The number of allylic oxidation sites excluding steroid dienone is 2. The van der Waals surface area contributed by atoms with E-state index in [0.29, 0.717) is 35.5 Å². The molecular weight excluding hydrogens is 855 g/mol. The van der Waals surface area contributed by atoms with Crippen LogP contribution in [0.3, 0.4) is 0 Å². The van der Waals surface area contributed by atoms with Crippen LogP contribution in [0.1, 0.15) is 134 Å². The molecule has 2 atom stereocenters. The number of nitrogens with zero attached hydrogens (tertiary/aromatic N) is 1. The summed E-state index contributed by atoms with van der Waals surface area (Å²) in [6.45, 7) is 32.5. The van der Waals surface area contributed by atoms with Crippen molar-refractivity contribution < 1.29 is 34.7 Å². The number of rotatable bonds is 10. The zero-order valence-corrected chi connectivity index (χ0v) is 38.5. The third-order valence-electron chi connectivity index (χ3n) is 11.9. The van der Waals surface area contributed by atoms with Gasteiger partial charge in [0.1, 0.15) is 11.9 Å². The molecule has 0 spiro atoms. The molecule has 2 heterocycles. The van der Waals surface area contributed by atoms with Crippen LogP contribution in [0.25, 0.3) is 22.2 Å². The maximum atomic E-state index is 12.3. The first-order valence-corrected chi connectivity index (χ1v) is 20.4. The Bertz CT molecular complexity index is 2020. The second-order valence-corrected chi connectivity index (χ2v) is 18.7. The predicted octanol–water partition coefficient (Wildman–Crippen LogP) is 13.2. The van der Waals surface area contributed by atoms with E-state index >= 15 is 0 Å². The van der Waals surface area contributed by atoms with Gasteiger partial charge in [-0.1, -0.05) is 113 Å². The summed E-state index contributed by atoms with van der Waals surface area (Å²) in [6.07, 6.45) is 2.62. The number of ether oxygens (including phenoxy) is 1. The predicted molar refractivity (Wildman–Crippen MR) is 226 cm³/mol. The van der Waals surface area contributed by atoms with E-state index in [4.69, 9.17) is 9.72 Å². The van der Waals surface area contributed by atoms with Gasteiger partial charge in [0.25, 0.3) is 0 Å². The minimum atomic E-state index is -0.0954. The molecule has 5 heteroatoms. The van der Waals surface area contributed by atoms with Gasteiger partial charge >= 0.3 is 0 Å². The molecular formula is C50H66IrNO3-. The van der Waals surface area contributed by atoms with Crippen LogP contribution in [-0.4, -0.2) is 15.9 Å². The number of benzene rings is 3. The summed E-state index contributed by atoms with van der Waals surface area (Å²) in [5.41, 5.74) is 12.3. The summed E-state index contributed by atoms with van der Waals surface area (Å²) >= 11 is 0. The fourth-order valence-electron chi connectivity index (χ4n) is 10.1. The number of fused-ring (bicyclic) bond motifs is 6. The standard InChI is InChI=1S/C33H34NO.C17H32O2.Ir/c1-18(2)13-22-11-12-28-25(17-22)31-32(35-28)24-10-8-9-23(30(24)33(31,6)7)26-16-21(5)29-20(4)14-19(3)15-27(29)34-26;1-10(2)16(11(3)4)14(18)9-15(19)17(12(5)6)13(7)8;/h8,10-12,14-18,31-32H,13H2,1-7H3;9-13,16-18H,1-8H3;/q-1;;/b;14-9-;. The monoisotopic (exact) mass is 921 g/mol. The molecule has 299 valence electrons. The summed E-state index contributed by atoms with van der Waals surface area (Å²) in [4.78, 5) is 17.5. The topological polar surface area (TPSA) is 59.4 Å². The van der Waals surface area contributed by atoms with Crippen LogP contribution >= 0.6 is 0 Å². The van der Waals surface area contributed by atoms with Gasteiger partial charge in [-0.25, -0.2) is 0 Å². The summed E-state index contributed by atoms with van der Waals surface area (Å²) in [7, 11) is 0. The van der Waals surface area contributed by atoms with Crippen molar-refractivity contribution in [1.82, 2.24) is 4.98 Å². The van der Waals surface area contributed by atoms with Crippen molar-refractivity contribution in [3.05, 3.63) is 105 Å². The van der Waals surface area contributed by atoms with Gasteiger partial charge in [0.15, 0.2) is 5.78 Å². The second kappa shape index (κ2) is 17.5. The quantitative estimate of drug-likeness (QED) is 0.0978. The molecule has 4 nitrogen and oxygen atoms in total. The fraction of sp³-hybridized carbons (Fsp3) is 0.520. The van der Waals surface area contributed by atoms with Gasteiger partial charge in [0.2, 0.25) is 0 Å². The Morgan fingerprint density at radius 3 is 2.02 bits per heavy atom. The van der Waals surface area contributed by atoms with Crippen LogP contribution < -0.4 is 4.74 Å². The summed E-state index contributed by atoms with van der Waals surface area (Å²) < 4.78 is 6.63. The van der Waals surface area contributed by atoms with E-state index in [-0.39, 0.29) is 55.0 Å². The number of carbonyl (C=O) groups excluding carboxylic acids is 1. The molecule has 2 unspecified atom stereocenters. The number of aliphatic hydroxyl groups is 1. The first kappa shape index (κ1) is 44.4. The van der Waals surface area contributed by atoms with Crippen molar-refractivity contribution >= 4 is 16.7 Å². The van der Waals surface area contributed by atoms with E-state index in [1.807, 2.05) is 0 Å². The molecule has 1 aliphatic carbocycles. The summed E-state index contributed by atoms with van der Waals surface area (Å²) in [5.74, 6) is 3.60. The van der Waals surface area contributed by atoms with Gasteiger partial charge in [-0.15, -0.1) is 29.3 Å². The molecule has 4 aromatic rings. The van der Waals surface area contributed by atoms with Gasteiger partial charge < -0.3 is 9.84 Å². The van der Waals surface area contributed by atoms with Crippen molar-refractivity contribution in [3.63, 3.8) is 0 Å². The van der Waals surface area contributed by atoms with Crippen LogP contribution in [0, 0.1) is 68.3 Å². The zero-order chi connectivity index (χ0) is 40.0. The summed E-state index contributed by atoms with van der Waals surface area (Å²) in [5, 5.41) is 11.5. The normalized spacial score (nSPS) is 17.2. The first-order valence-electron chi connectivity index (χ1n) is 20.4. The van der Waals surface area contributed by atoms with Gasteiger partial charge in [0, 0.05) is 54.9 Å². The number of carbonyl (C=O) groups is 1. The Morgan fingerprint density at radius 1 is 0.836 bits per heavy atom. The van der Waals surface area contributed by atoms with Crippen molar-refractivity contribution in [3.8, 4) is 17.0 Å². The minimum absolute atomic E-state index is 0. The molecule has 0 saturated carbocycles. The molecule has 0 bridgehead atoms. The molecule has 6 rings (SSSR count). The van der Waals surface area contributed by atoms with Crippen molar-refractivity contribution in [2.45, 2.75) is 128 Å². The minimum Gasteiger partial charge on any atom is -0.512 e. The van der Waals surface area contributed by atoms with E-state index in [0.717, 1.165) is 28.9 Å². The largest absolute Gasteiger partial charge is 0.512 e. The molecule has 0 fully saturated rings. The average molecular weight is 921 g/mol. The molecule has 1 aromatic heterocycles. The number of aliphatic hydroxyl groups excluding tert-OH is 1. The zero-order valence-electron chi connectivity index (χ0n) is 36.1. The molecule has 0 amide bonds. The van der Waals surface area contributed by atoms with Gasteiger partial charge in [0.05, 0.1) is 11.3 Å². The van der Waals surface area contributed by atoms with Crippen LogP contribution in [0.5, 0.6) is 5.75 Å². The molecule has 1 aliphatic heterocycles. The van der Waals surface area contributed by atoms with Gasteiger partial charge in [-0.2, -0.15) is 0 Å². The number of ketones is 1. The Labute approximate surface area is 346 Å². The van der Waals surface area contributed by atoms with Crippen molar-refractivity contribution in [1.29, 1.82) is 0 Å². The van der Waals surface area contributed by atoms with E-state index in [2.05, 4.69) is 158 Å². The molecule has 55 heavy (non-hydrogen) atoms. The maximum absolute atomic E-state index is 12.3. The molecule has 0 saturated heterocycles. The van der Waals surface area contributed by atoms with Crippen LogP contribution in [0.2, 0.25) is 0 Å². The molecule has 1 N–H and O–H groups in total. The van der Waals surface area contributed by atoms with Crippen LogP contribution in [0.15, 0.2) is 60.4 Å². The molecule has 3 aromatic carbocycles. The third-order valence-corrected chi connectivity index (χ3v) is 11.9. The van der Waals surface area contributed by atoms with Crippen LogP contribution in [-0.2, 0) is 36.7 Å². The number of hydrogen-bond donors (Lipinski definition) is 1. The van der Waals surface area contributed by atoms with E-state index in [1.165, 1.54) is 50.4 Å². The van der Waals surface area contributed by atoms with Crippen LogP contribution in [0.4, 0.5) is 0 Å². The Hall–Kier alpha value is -3.27. The number of aromatic nitrogens is 1. The van der Waals surface area contributed by atoms with Crippen molar-refractivity contribution in [2.75, 3.05) is 0 Å². The third kappa shape index (κ3) is 8.99. The Balaban J connectivity index is 0.000000290. The fourth-order valence-corrected chi connectivity index (χ4v) is 10.1. The Morgan fingerprint density at radius 2 is 1.44 bits per heavy atom.